The van der Waals surface area contributed by atoms with Crippen LogP contribution in [-0.2, 0) is 6.54 Å². The van der Waals surface area contributed by atoms with Gasteiger partial charge in [0, 0.05) is 29.3 Å². The predicted octanol–water partition coefficient (Wildman–Crippen LogP) is 4.81. The van der Waals surface area contributed by atoms with Crippen molar-refractivity contribution in [2.45, 2.75) is 25.3 Å². The Balaban J connectivity index is 1.52. The minimum Gasteiger partial charge on any atom is -0.353 e. The number of benzene rings is 2. The fraction of sp³-hybridized carbons (Fsp3) is 0.273. The highest BCUT2D eigenvalue weighted by atomic mass is 19.3. The summed E-state index contributed by atoms with van der Waals surface area (Å²) in [5, 5.41) is 18.4. The summed E-state index contributed by atoms with van der Waals surface area (Å²) in [5.74, 6) is -2.61. The number of alkyl halides is 2. The van der Waals surface area contributed by atoms with Crippen molar-refractivity contribution >= 4 is 21.8 Å². The third kappa shape index (κ3) is 3.26. The van der Waals surface area contributed by atoms with Crippen LogP contribution in [-0.4, -0.2) is 39.1 Å². The van der Waals surface area contributed by atoms with Gasteiger partial charge in [-0.05, 0) is 48.9 Å². The van der Waals surface area contributed by atoms with Crippen LogP contribution in [0.15, 0.2) is 42.5 Å². The van der Waals surface area contributed by atoms with Gasteiger partial charge in [-0.1, -0.05) is 12.1 Å². The van der Waals surface area contributed by atoms with Crippen LogP contribution < -0.4 is 0 Å². The van der Waals surface area contributed by atoms with Crippen molar-refractivity contribution in [3.63, 3.8) is 0 Å². The zero-order valence-corrected chi connectivity index (χ0v) is 15.7. The quantitative estimate of drug-likeness (QED) is 0.526. The normalized spacial score (nSPS) is 17.0. The third-order valence-corrected chi connectivity index (χ3v) is 5.57. The standard InChI is InChI=1S/C22H19F2N5/c23-22(24)7-2-8-29(13-22)12-15-3-1-4-18-17(15)10-20(26-18)21-16-6-5-14(11-25)9-19(16)27-28-21/h1,3-6,9-10,26H,2,7-8,12-13H2,(H,27,28). The lowest BCUT2D eigenvalue weighted by Crippen LogP contribution is -2.42. The molecule has 5 nitrogen and oxygen atoms in total. The second kappa shape index (κ2) is 6.68. The van der Waals surface area contributed by atoms with Gasteiger partial charge in [0.15, 0.2) is 0 Å². The van der Waals surface area contributed by atoms with Crippen molar-refractivity contribution in [3.05, 3.63) is 53.6 Å². The number of likely N-dealkylation sites (tertiary alicyclic amines) is 1. The molecule has 146 valence electrons. The summed E-state index contributed by atoms with van der Waals surface area (Å²) >= 11 is 0. The third-order valence-electron chi connectivity index (χ3n) is 5.57. The lowest BCUT2D eigenvalue weighted by molar-refractivity contribution is -0.0660. The maximum atomic E-state index is 13.8. The number of piperidine rings is 1. The largest absolute Gasteiger partial charge is 0.353 e. The van der Waals surface area contributed by atoms with E-state index < -0.39 is 5.92 Å². The number of fused-ring (bicyclic) bond motifs is 2. The maximum absolute atomic E-state index is 13.8. The van der Waals surface area contributed by atoms with Crippen LogP contribution in [0.1, 0.15) is 24.0 Å². The Labute approximate surface area is 165 Å². The monoisotopic (exact) mass is 391 g/mol. The molecule has 4 aromatic rings. The molecule has 0 amide bonds. The number of nitrogens with zero attached hydrogens (tertiary/aromatic N) is 3. The summed E-state index contributed by atoms with van der Waals surface area (Å²) in [6.07, 6.45) is 0.493. The number of aromatic nitrogens is 3. The smallest absolute Gasteiger partial charge is 0.260 e. The molecule has 7 heteroatoms. The van der Waals surface area contributed by atoms with Crippen LogP contribution in [0, 0.1) is 11.3 Å². The van der Waals surface area contributed by atoms with Gasteiger partial charge in [0.1, 0.15) is 5.69 Å². The highest BCUT2D eigenvalue weighted by Crippen LogP contribution is 2.32. The van der Waals surface area contributed by atoms with E-state index in [4.69, 9.17) is 5.26 Å². The molecule has 1 aliphatic heterocycles. The van der Waals surface area contributed by atoms with Gasteiger partial charge in [0.25, 0.3) is 5.92 Å². The number of hydrogen-bond acceptors (Lipinski definition) is 3. The molecule has 5 rings (SSSR count). The molecule has 0 atom stereocenters. The summed E-state index contributed by atoms with van der Waals surface area (Å²) in [6, 6.07) is 15.5. The number of rotatable bonds is 3. The Hall–Kier alpha value is -3.24. The molecule has 0 spiro atoms. The lowest BCUT2D eigenvalue weighted by atomic mass is 10.0. The SMILES string of the molecule is N#Cc1ccc2c(-c3cc4c(CN5CCCC(F)(F)C5)cccc4[nH]3)n[nH]c2c1. The molecule has 0 radical (unpaired) electrons. The fourth-order valence-corrected chi connectivity index (χ4v) is 4.20. The van der Waals surface area contributed by atoms with Gasteiger partial charge in [-0.15, -0.1) is 0 Å². The van der Waals surface area contributed by atoms with Gasteiger partial charge < -0.3 is 4.98 Å². The first-order chi connectivity index (χ1) is 14.0. The van der Waals surface area contributed by atoms with Gasteiger partial charge >= 0.3 is 0 Å². The van der Waals surface area contributed by atoms with E-state index in [0.717, 1.165) is 38.8 Å². The Morgan fingerprint density at radius 3 is 2.86 bits per heavy atom. The summed E-state index contributed by atoms with van der Waals surface area (Å²) < 4.78 is 27.6. The molecule has 3 heterocycles. The van der Waals surface area contributed by atoms with Gasteiger partial charge in [-0.3, -0.25) is 10.00 Å². The zero-order valence-electron chi connectivity index (χ0n) is 15.7. The number of hydrogen-bond donors (Lipinski definition) is 2. The first kappa shape index (κ1) is 17.8. The van der Waals surface area contributed by atoms with E-state index in [9.17, 15) is 8.78 Å². The number of aromatic amines is 2. The van der Waals surface area contributed by atoms with Crippen LogP contribution in [0.4, 0.5) is 8.78 Å². The Bertz CT molecular complexity index is 1250. The maximum Gasteiger partial charge on any atom is 0.260 e. The van der Waals surface area contributed by atoms with Crippen LogP contribution in [0.25, 0.3) is 33.2 Å². The van der Waals surface area contributed by atoms with Crippen molar-refractivity contribution in [2.75, 3.05) is 13.1 Å². The molecule has 1 aliphatic rings. The highest BCUT2D eigenvalue weighted by Gasteiger charge is 2.35. The van der Waals surface area contributed by atoms with E-state index in [1.54, 1.807) is 12.1 Å². The number of nitrogens with one attached hydrogen (secondary N) is 2. The second-order valence-corrected chi connectivity index (χ2v) is 7.68. The van der Waals surface area contributed by atoms with E-state index >= 15 is 0 Å². The van der Waals surface area contributed by atoms with E-state index in [-0.39, 0.29) is 13.0 Å². The molecule has 29 heavy (non-hydrogen) atoms. The molecule has 0 bridgehead atoms. The number of nitriles is 1. The summed E-state index contributed by atoms with van der Waals surface area (Å²) in [6.45, 7) is 0.997. The first-order valence-electron chi connectivity index (χ1n) is 9.62. The van der Waals surface area contributed by atoms with Gasteiger partial charge in [0.2, 0.25) is 0 Å². The predicted molar refractivity (Wildman–Crippen MR) is 108 cm³/mol. The Morgan fingerprint density at radius 2 is 2.03 bits per heavy atom. The van der Waals surface area contributed by atoms with Gasteiger partial charge in [-0.2, -0.15) is 10.4 Å². The highest BCUT2D eigenvalue weighted by molar-refractivity contribution is 5.96. The van der Waals surface area contributed by atoms with E-state index in [1.807, 2.05) is 35.2 Å². The minimum atomic E-state index is -2.61. The molecule has 0 saturated carbocycles. The van der Waals surface area contributed by atoms with Crippen LogP contribution in [0.2, 0.25) is 0 Å². The molecule has 2 N–H and O–H groups in total. The lowest BCUT2D eigenvalue weighted by Gasteiger charge is -2.32. The molecule has 1 fully saturated rings. The molecular weight excluding hydrogens is 372 g/mol. The first-order valence-corrected chi connectivity index (χ1v) is 9.62. The van der Waals surface area contributed by atoms with Crippen molar-refractivity contribution in [1.82, 2.24) is 20.1 Å². The molecular formula is C22H19F2N5. The molecule has 0 aliphatic carbocycles. The average molecular weight is 391 g/mol. The summed E-state index contributed by atoms with van der Waals surface area (Å²) in [4.78, 5) is 5.23. The topological polar surface area (TPSA) is 71.5 Å². The van der Waals surface area contributed by atoms with E-state index in [0.29, 0.717) is 25.1 Å². The van der Waals surface area contributed by atoms with Crippen LogP contribution in [0.3, 0.4) is 0 Å². The Kier molecular flexibility index (Phi) is 4.10. The number of H-pyrrole nitrogens is 2. The molecule has 1 saturated heterocycles. The minimum absolute atomic E-state index is 0.0260. The second-order valence-electron chi connectivity index (χ2n) is 7.68. The summed E-state index contributed by atoms with van der Waals surface area (Å²) in [5.41, 5.74) is 4.97. The summed E-state index contributed by atoms with van der Waals surface area (Å²) in [7, 11) is 0. The zero-order chi connectivity index (χ0) is 20.0. The van der Waals surface area contributed by atoms with E-state index in [2.05, 4.69) is 21.3 Å². The van der Waals surface area contributed by atoms with Gasteiger partial charge in [-0.25, -0.2) is 8.78 Å². The van der Waals surface area contributed by atoms with Crippen molar-refractivity contribution < 1.29 is 8.78 Å². The molecule has 2 aromatic carbocycles. The fourth-order valence-electron chi connectivity index (χ4n) is 4.20. The van der Waals surface area contributed by atoms with Crippen LogP contribution in [0.5, 0.6) is 0 Å². The molecule has 0 unspecified atom stereocenters. The van der Waals surface area contributed by atoms with Crippen molar-refractivity contribution in [2.24, 2.45) is 0 Å². The van der Waals surface area contributed by atoms with Crippen molar-refractivity contribution in [3.8, 4) is 17.5 Å². The van der Waals surface area contributed by atoms with Crippen molar-refractivity contribution in [1.29, 1.82) is 5.26 Å². The Morgan fingerprint density at radius 1 is 1.14 bits per heavy atom. The van der Waals surface area contributed by atoms with Crippen LogP contribution >= 0.6 is 0 Å². The number of halogens is 2. The van der Waals surface area contributed by atoms with E-state index in [1.165, 1.54) is 0 Å². The molecule has 2 aromatic heterocycles. The average Bonchev–Trinajstić information content (AvgIpc) is 3.31. The van der Waals surface area contributed by atoms with Gasteiger partial charge in [0.05, 0.1) is 29.4 Å².